The van der Waals surface area contributed by atoms with E-state index in [9.17, 15) is 14.4 Å². The molecule has 3 aliphatic rings. The molecule has 1 N–H and O–H groups in total. The zero-order valence-electron chi connectivity index (χ0n) is 13.4. The molecule has 1 amide bonds. The van der Waals surface area contributed by atoms with Crippen LogP contribution >= 0.6 is 0 Å². The number of carbonyl (C=O) groups is 3. The van der Waals surface area contributed by atoms with Crippen LogP contribution in [0, 0.1) is 30.6 Å². The van der Waals surface area contributed by atoms with Gasteiger partial charge in [-0.15, -0.1) is 0 Å². The van der Waals surface area contributed by atoms with Crippen molar-refractivity contribution in [1.82, 2.24) is 0 Å². The standard InChI is InChI=1S/C18H19NO5/c1-9-4-2-3-5-12(9)19-14(20)8-23-17(21)15-10-6-11-13(7-10)24-18(22)16(11)15/h2-5,10-11,13,15-16H,6-8H2,1H3,(H,19,20)/t10-,11-,13-,15-,16+/m1/s1. The first kappa shape index (κ1) is 15.2. The summed E-state index contributed by atoms with van der Waals surface area (Å²) in [4.78, 5) is 36.3. The second kappa shape index (κ2) is 5.61. The van der Waals surface area contributed by atoms with E-state index in [2.05, 4.69) is 5.32 Å². The Morgan fingerprint density at radius 3 is 2.88 bits per heavy atom. The molecule has 6 heteroatoms. The van der Waals surface area contributed by atoms with Crippen molar-refractivity contribution >= 4 is 23.5 Å². The lowest BCUT2D eigenvalue weighted by Crippen LogP contribution is -2.35. The Labute approximate surface area is 139 Å². The largest absolute Gasteiger partial charge is 0.462 e. The number of rotatable bonds is 4. The molecule has 0 radical (unpaired) electrons. The van der Waals surface area contributed by atoms with Crippen molar-refractivity contribution in [3.05, 3.63) is 29.8 Å². The number of aryl methyl sites for hydroxylation is 1. The number of carbonyl (C=O) groups excluding carboxylic acids is 3. The van der Waals surface area contributed by atoms with Crippen LogP contribution in [0.3, 0.4) is 0 Å². The van der Waals surface area contributed by atoms with Gasteiger partial charge in [0.1, 0.15) is 6.10 Å². The van der Waals surface area contributed by atoms with E-state index in [0.717, 1.165) is 18.4 Å². The molecule has 0 aromatic heterocycles. The molecule has 4 rings (SSSR count). The second-order valence-electron chi connectivity index (χ2n) is 6.89. The fourth-order valence-corrected chi connectivity index (χ4v) is 4.46. The van der Waals surface area contributed by atoms with Crippen LogP contribution in [0.2, 0.25) is 0 Å². The quantitative estimate of drug-likeness (QED) is 0.850. The summed E-state index contributed by atoms with van der Waals surface area (Å²) in [5, 5.41) is 2.72. The van der Waals surface area contributed by atoms with Crippen molar-refractivity contribution in [3.63, 3.8) is 0 Å². The molecular formula is C18H19NO5. The first-order valence-corrected chi connectivity index (χ1v) is 8.27. The number of hydrogen-bond donors (Lipinski definition) is 1. The highest BCUT2D eigenvalue weighted by atomic mass is 16.6. The molecule has 3 fully saturated rings. The summed E-state index contributed by atoms with van der Waals surface area (Å²) < 4.78 is 10.5. The number of anilines is 1. The molecule has 1 aliphatic heterocycles. The van der Waals surface area contributed by atoms with E-state index in [1.54, 1.807) is 6.07 Å². The SMILES string of the molecule is Cc1ccccc1NC(=O)COC(=O)[C@@H]1[C@@H]2C[C@H]3[C@@H]1C(=O)O[C@@H]3C2. The summed E-state index contributed by atoms with van der Waals surface area (Å²) in [7, 11) is 0. The average Bonchev–Trinajstić information content (AvgIpc) is 3.16. The molecule has 2 bridgehead atoms. The van der Waals surface area contributed by atoms with Crippen LogP contribution in [0.15, 0.2) is 24.3 Å². The molecule has 1 heterocycles. The number of ether oxygens (including phenoxy) is 2. The highest BCUT2D eigenvalue weighted by Crippen LogP contribution is 2.57. The molecule has 24 heavy (non-hydrogen) atoms. The van der Waals surface area contributed by atoms with Gasteiger partial charge >= 0.3 is 11.9 Å². The summed E-state index contributed by atoms with van der Waals surface area (Å²) in [5.41, 5.74) is 1.63. The lowest BCUT2D eigenvalue weighted by molar-refractivity contribution is -0.157. The van der Waals surface area contributed by atoms with Gasteiger partial charge < -0.3 is 14.8 Å². The van der Waals surface area contributed by atoms with Crippen molar-refractivity contribution in [1.29, 1.82) is 0 Å². The van der Waals surface area contributed by atoms with Gasteiger partial charge in [-0.1, -0.05) is 18.2 Å². The van der Waals surface area contributed by atoms with Crippen LogP contribution in [0.1, 0.15) is 18.4 Å². The number of benzene rings is 1. The highest BCUT2D eigenvalue weighted by molar-refractivity contribution is 5.94. The van der Waals surface area contributed by atoms with Gasteiger partial charge in [0.05, 0.1) is 11.8 Å². The van der Waals surface area contributed by atoms with Crippen LogP contribution in [-0.2, 0) is 23.9 Å². The first-order valence-electron chi connectivity index (χ1n) is 8.27. The Morgan fingerprint density at radius 2 is 2.08 bits per heavy atom. The summed E-state index contributed by atoms with van der Waals surface area (Å²) in [6.45, 7) is 1.55. The normalized spacial score (nSPS) is 32.5. The fourth-order valence-electron chi connectivity index (χ4n) is 4.46. The monoisotopic (exact) mass is 329 g/mol. The lowest BCUT2D eigenvalue weighted by Gasteiger charge is -2.22. The molecule has 126 valence electrons. The van der Waals surface area contributed by atoms with Gasteiger partial charge in [-0.25, -0.2) is 0 Å². The second-order valence-corrected chi connectivity index (χ2v) is 6.89. The number of amides is 1. The highest BCUT2D eigenvalue weighted by Gasteiger charge is 2.64. The van der Waals surface area contributed by atoms with E-state index in [1.165, 1.54) is 0 Å². The summed E-state index contributed by atoms with van der Waals surface area (Å²) in [6.07, 6.45) is 1.57. The summed E-state index contributed by atoms with van der Waals surface area (Å²) >= 11 is 0. The Hall–Kier alpha value is -2.37. The van der Waals surface area contributed by atoms with Crippen molar-refractivity contribution < 1.29 is 23.9 Å². The molecule has 1 saturated heterocycles. The maximum absolute atomic E-state index is 12.4. The van der Waals surface area contributed by atoms with E-state index in [4.69, 9.17) is 9.47 Å². The van der Waals surface area contributed by atoms with Gasteiger partial charge in [0.25, 0.3) is 5.91 Å². The minimum Gasteiger partial charge on any atom is -0.462 e. The molecule has 0 unspecified atom stereocenters. The topological polar surface area (TPSA) is 81.7 Å². The third-order valence-electron chi connectivity index (χ3n) is 5.52. The molecule has 5 atom stereocenters. The van der Waals surface area contributed by atoms with Gasteiger partial charge in [-0.05, 0) is 37.3 Å². The van der Waals surface area contributed by atoms with Gasteiger partial charge in [0.15, 0.2) is 6.61 Å². The third-order valence-corrected chi connectivity index (χ3v) is 5.52. The van der Waals surface area contributed by atoms with Crippen LogP contribution in [-0.4, -0.2) is 30.6 Å². The minimum atomic E-state index is -0.454. The van der Waals surface area contributed by atoms with Gasteiger partial charge in [0, 0.05) is 11.6 Å². The minimum absolute atomic E-state index is 0.0131. The molecule has 2 aliphatic carbocycles. The molecule has 6 nitrogen and oxygen atoms in total. The van der Waals surface area contributed by atoms with E-state index in [-0.39, 0.29) is 42.3 Å². The van der Waals surface area contributed by atoms with E-state index in [1.807, 2.05) is 25.1 Å². The Morgan fingerprint density at radius 1 is 1.29 bits per heavy atom. The first-order chi connectivity index (χ1) is 11.5. The summed E-state index contributed by atoms with van der Waals surface area (Å²) in [6, 6.07) is 7.39. The predicted octanol–water partition coefficient (Wildman–Crippen LogP) is 1.67. The molecule has 1 aromatic rings. The van der Waals surface area contributed by atoms with Crippen LogP contribution in [0.5, 0.6) is 0 Å². The Kier molecular flexibility index (Phi) is 3.55. The smallest absolute Gasteiger partial charge is 0.310 e. The number of fused-ring (bicyclic) bond motifs is 1. The predicted molar refractivity (Wildman–Crippen MR) is 83.8 cm³/mol. The number of para-hydroxylation sites is 1. The van der Waals surface area contributed by atoms with Crippen LogP contribution < -0.4 is 5.32 Å². The van der Waals surface area contributed by atoms with Gasteiger partial charge in [-0.2, -0.15) is 0 Å². The molecular weight excluding hydrogens is 310 g/mol. The average molecular weight is 329 g/mol. The molecule has 1 aromatic carbocycles. The third kappa shape index (κ3) is 2.37. The summed E-state index contributed by atoms with van der Waals surface area (Å²) in [5.74, 6) is -1.65. The van der Waals surface area contributed by atoms with Gasteiger partial charge in [0.2, 0.25) is 0 Å². The van der Waals surface area contributed by atoms with Crippen molar-refractivity contribution in [2.75, 3.05) is 11.9 Å². The van der Waals surface area contributed by atoms with Crippen molar-refractivity contribution in [2.45, 2.75) is 25.9 Å². The Bertz CT molecular complexity index is 713. The van der Waals surface area contributed by atoms with Crippen molar-refractivity contribution in [2.24, 2.45) is 23.7 Å². The zero-order chi connectivity index (χ0) is 16.8. The maximum atomic E-state index is 12.4. The maximum Gasteiger partial charge on any atom is 0.310 e. The van der Waals surface area contributed by atoms with Crippen molar-refractivity contribution in [3.8, 4) is 0 Å². The Balaban J connectivity index is 1.35. The zero-order valence-corrected chi connectivity index (χ0v) is 13.4. The number of esters is 2. The van der Waals surface area contributed by atoms with Crippen LogP contribution in [0.25, 0.3) is 0 Å². The van der Waals surface area contributed by atoms with Crippen LogP contribution in [0.4, 0.5) is 5.69 Å². The molecule has 0 spiro atoms. The fraction of sp³-hybridized carbons (Fsp3) is 0.500. The van der Waals surface area contributed by atoms with E-state index in [0.29, 0.717) is 5.69 Å². The van der Waals surface area contributed by atoms with E-state index < -0.39 is 11.9 Å². The lowest BCUT2D eigenvalue weighted by atomic mass is 9.80. The van der Waals surface area contributed by atoms with Gasteiger partial charge in [-0.3, -0.25) is 14.4 Å². The van der Waals surface area contributed by atoms with E-state index >= 15 is 0 Å². The number of hydrogen-bond acceptors (Lipinski definition) is 5. The molecule has 2 saturated carbocycles. The number of nitrogens with one attached hydrogen (secondary N) is 1.